The molecule has 2 aliphatic heterocycles. The predicted molar refractivity (Wildman–Crippen MR) is 101 cm³/mol. The Morgan fingerprint density at radius 2 is 1.81 bits per heavy atom. The van der Waals surface area contributed by atoms with Gasteiger partial charge < -0.3 is 9.26 Å². The summed E-state index contributed by atoms with van der Waals surface area (Å²) in [6.07, 6.45) is 11.0. The molecule has 1 aliphatic carbocycles. The van der Waals surface area contributed by atoms with E-state index in [1.54, 1.807) is 0 Å². The Labute approximate surface area is 160 Å². The molecule has 2 saturated heterocycles. The Morgan fingerprint density at radius 1 is 1.00 bits per heavy atom. The van der Waals surface area contributed by atoms with Gasteiger partial charge in [-0.05, 0) is 37.3 Å². The van der Waals surface area contributed by atoms with Crippen LogP contribution >= 0.6 is 0 Å². The van der Waals surface area contributed by atoms with Crippen LogP contribution in [0.15, 0.2) is 29.0 Å². The van der Waals surface area contributed by atoms with Crippen molar-refractivity contribution in [1.29, 1.82) is 0 Å². The molecular weight excluding hydrogens is 340 g/mol. The van der Waals surface area contributed by atoms with Crippen molar-refractivity contribution in [2.24, 2.45) is 0 Å². The standard InChI is InChI=1S/C21H28N4O2/c1-2-5-15(4-1)20-23-21(27-24-20)19-14-25(17-7-10-26-11-8-17)13-18(19)16-6-3-9-22-12-16/h3,6,9,12,15,17-19H,1-2,4-5,7-8,10-11,13-14H2/t18-,19+/m0/s1. The van der Waals surface area contributed by atoms with Crippen LogP contribution in [0.4, 0.5) is 0 Å². The third-order valence-corrected chi connectivity index (χ3v) is 6.66. The summed E-state index contributed by atoms with van der Waals surface area (Å²) in [4.78, 5) is 11.9. The molecule has 2 aromatic heterocycles. The first-order valence-electron chi connectivity index (χ1n) is 10.4. The van der Waals surface area contributed by atoms with E-state index in [4.69, 9.17) is 14.2 Å². The highest BCUT2D eigenvalue weighted by Crippen LogP contribution is 2.41. The summed E-state index contributed by atoms with van der Waals surface area (Å²) in [6, 6.07) is 4.81. The van der Waals surface area contributed by atoms with Crippen LogP contribution in [0.3, 0.4) is 0 Å². The molecule has 0 radical (unpaired) electrons. The maximum Gasteiger partial charge on any atom is 0.231 e. The molecule has 2 atom stereocenters. The topological polar surface area (TPSA) is 64.3 Å². The van der Waals surface area contributed by atoms with Crippen LogP contribution in [0, 0.1) is 0 Å². The summed E-state index contributed by atoms with van der Waals surface area (Å²) in [5, 5.41) is 4.37. The summed E-state index contributed by atoms with van der Waals surface area (Å²) < 4.78 is 11.4. The van der Waals surface area contributed by atoms with Gasteiger partial charge in [-0.2, -0.15) is 4.98 Å². The molecule has 0 unspecified atom stereocenters. The Hall–Kier alpha value is -1.79. The highest BCUT2D eigenvalue weighted by Gasteiger charge is 2.41. The molecule has 0 amide bonds. The van der Waals surface area contributed by atoms with E-state index in [-0.39, 0.29) is 5.92 Å². The van der Waals surface area contributed by atoms with Crippen LogP contribution in [0.2, 0.25) is 0 Å². The zero-order chi connectivity index (χ0) is 18.1. The molecule has 6 nitrogen and oxygen atoms in total. The van der Waals surface area contributed by atoms with Crippen molar-refractivity contribution in [3.8, 4) is 0 Å². The van der Waals surface area contributed by atoms with Gasteiger partial charge in [-0.25, -0.2) is 0 Å². The van der Waals surface area contributed by atoms with Crippen LogP contribution in [-0.2, 0) is 4.74 Å². The normalized spacial score (nSPS) is 28.1. The fourth-order valence-corrected chi connectivity index (χ4v) is 5.11. The zero-order valence-corrected chi connectivity index (χ0v) is 15.8. The highest BCUT2D eigenvalue weighted by atomic mass is 16.5. The molecule has 4 heterocycles. The second-order valence-electron chi connectivity index (χ2n) is 8.27. The summed E-state index contributed by atoms with van der Waals surface area (Å²) in [6.45, 7) is 3.75. The molecule has 3 aliphatic rings. The number of nitrogens with zero attached hydrogens (tertiary/aromatic N) is 4. The lowest BCUT2D eigenvalue weighted by atomic mass is 9.90. The highest BCUT2D eigenvalue weighted by molar-refractivity contribution is 5.23. The van der Waals surface area contributed by atoms with Gasteiger partial charge in [0.1, 0.15) is 0 Å². The molecule has 0 spiro atoms. The number of aromatic nitrogens is 3. The van der Waals surface area contributed by atoms with Crippen molar-refractivity contribution < 1.29 is 9.26 Å². The first-order chi connectivity index (χ1) is 13.4. The van der Waals surface area contributed by atoms with E-state index in [1.807, 2.05) is 18.5 Å². The number of rotatable bonds is 4. The number of ether oxygens (including phenoxy) is 1. The number of hydrogen-bond donors (Lipinski definition) is 0. The molecule has 2 aromatic rings. The van der Waals surface area contributed by atoms with Gasteiger partial charge in [0, 0.05) is 56.6 Å². The van der Waals surface area contributed by atoms with E-state index in [0.29, 0.717) is 17.9 Å². The van der Waals surface area contributed by atoms with E-state index in [9.17, 15) is 0 Å². The van der Waals surface area contributed by atoms with Crippen LogP contribution in [0.5, 0.6) is 0 Å². The maximum absolute atomic E-state index is 5.82. The molecule has 1 saturated carbocycles. The van der Waals surface area contributed by atoms with Gasteiger partial charge in [-0.1, -0.05) is 24.1 Å². The summed E-state index contributed by atoms with van der Waals surface area (Å²) >= 11 is 0. The zero-order valence-electron chi connectivity index (χ0n) is 15.8. The van der Waals surface area contributed by atoms with E-state index in [0.717, 1.165) is 50.9 Å². The molecule has 144 valence electrons. The fourth-order valence-electron chi connectivity index (χ4n) is 5.11. The summed E-state index contributed by atoms with van der Waals surface area (Å²) in [7, 11) is 0. The minimum absolute atomic E-state index is 0.250. The molecule has 3 fully saturated rings. The van der Waals surface area contributed by atoms with Gasteiger partial charge in [0.05, 0.1) is 5.92 Å². The van der Waals surface area contributed by atoms with Gasteiger partial charge in [0.25, 0.3) is 0 Å². The molecule has 27 heavy (non-hydrogen) atoms. The molecule has 0 bridgehead atoms. The SMILES string of the molecule is c1cncc([C@@H]2CN(C3CCOCC3)C[C@H]2c2nc(C3CCCC3)no2)c1. The second kappa shape index (κ2) is 7.68. The van der Waals surface area contributed by atoms with Crippen LogP contribution in [0.1, 0.15) is 73.6 Å². The largest absolute Gasteiger partial charge is 0.381 e. The monoisotopic (exact) mass is 368 g/mol. The Morgan fingerprint density at radius 3 is 2.59 bits per heavy atom. The van der Waals surface area contributed by atoms with E-state index >= 15 is 0 Å². The lowest BCUT2D eigenvalue weighted by Crippen LogP contribution is -2.38. The van der Waals surface area contributed by atoms with Gasteiger partial charge in [-0.3, -0.25) is 9.88 Å². The average Bonchev–Trinajstić information content (AvgIpc) is 3.49. The molecule has 6 heteroatoms. The maximum atomic E-state index is 5.82. The Balaban J connectivity index is 1.40. The number of likely N-dealkylation sites (tertiary alicyclic amines) is 1. The first-order valence-corrected chi connectivity index (χ1v) is 10.4. The van der Waals surface area contributed by atoms with E-state index in [1.165, 1.54) is 31.2 Å². The third-order valence-electron chi connectivity index (χ3n) is 6.66. The van der Waals surface area contributed by atoms with Gasteiger partial charge in [-0.15, -0.1) is 0 Å². The first kappa shape index (κ1) is 17.3. The van der Waals surface area contributed by atoms with Crippen molar-refractivity contribution in [2.45, 2.75) is 62.3 Å². The number of pyridine rings is 1. The van der Waals surface area contributed by atoms with Gasteiger partial charge >= 0.3 is 0 Å². The van der Waals surface area contributed by atoms with Gasteiger partial charge in [0.15, 0.2) is 5.82 Å². The van der Waals surface area contributed by atoms with E-state index in [2.05, 4.69) is 21.1 Å². The molecule has 0 aromatic carbocycles. The third kappa shape index (κ3) is 3.52. The lowest BCUT2D eigenvalue weighted by molar-refractivity contribution is 0.0413. The quantitative estimate of drug-likeness (QED) is 0.823. The van der Waals surface area contributed by atoms with Crippen LogP contribution < -0.4 is 0 Å². The Kier molecular flexibility index (Phi) is 4.93. The van der Waals surface area contributed by atoms with Crippen LogP contribution in [0.25, 0.3) is 0 Å². The molecular formula is C21H28N4O2. The van der Waals surface area contributed by atoms with Crippen molar-refractivity contribution in [3.05, 3.63) is 41.8 Å². The smallest absolute Gasteiger partial charge is 0.231 e. The lowest BCUT2D eigenvalue weighted by Gasteiger charge is -2.31. The fraction of sp³-hybridized carbons (Fsp3) is 0.667. The minimum Gasteiger partial charge on any atom is -0.381 e. The Bertz CT molecular complexity index is 738. The number of hydrogen-bond acceptors (Lipinski definition) is 6. The predicted octanol–water partition coefficient (Wildman–Crippen LogP) is 3.48. The van der Waals surface area contributed by atoms with Crippen LogP contribution in [-0.4, -0.2) is 52.4 Å². The van der Waals surface area contributed by atoms with E-state index < -0.39 is 0 Å². The summed E-state index contributed by atoms with van der Waals surface area (Å²) in [5.74, 6) is 2.85. The van der Waals surface area contributed by atoms with Gasteiger partial charge in [0.2, 0.25) is 5.89 Å². The van der Waals surface area contributed by atoms with Crippen molar-refractivity contribution in [3.63, 3.8) is 0 Å². The van der Waals surface area contributed by atoms with Crippen molar-refractivity contribution in [1.82, 2.24) is 20.0 Å². The van der Waals surface area contributed by atoms with Crippen molar-refractivity contribution in [2.75, 3.05) is 26.3 Å². The minimum atomic E-state index is 0.250. The van der Waals surface area contributed by atoms with Crippen molar-refractivity contribution >= 4 is 0 Å². The summed E-state index contributed by atoms with van der Waals surface area (Å²) in [5.41, 5.74) is 1.28. The second-order valence-corrected chi connectivity index (χ2v) is 8.27. The molecule has 5 rings (SSSR count). The average molecular weight is 368 g/mol. The molecule has 0 N–H and O–H groups in total.